The van der Waals surface area contributed by atoms with Gasteiger partial charge in [-0.2, -0.15) is 5.10 Å². The Morgan fingerprint density at radius 3 is 2.53 bits per heavy atom. The molecule has 0 fully saturated rings. The molecule has 0 aliphatic heterocycles. The van der Waals surface area contributed by atoms with Gasteiger partial charge in [0.15, 0.2) is 0 Å². The van der Waals surface area contributed by atoms with Crippen LogP contribution in [0.25, 0.3) is 11.3 Å². The first kappa shape index (κ1) is 9.64. The molecule has 2 aromatic heterocycles. The fourth-order valence-electron chi connectivity index (χ4n) is 1.44. The van der Waals surface area contributed by atoms with Crippen molar-refractivity contribution >= 4 is 5.82 Å². The van der Waals surface area contributed by atoms with E-state index in [0.717, 1.165) is 22.4 Å². The highest BCUT2D eigenvalue weighted by Gasteiger charge is 2.10. The van der Waals surface area contributed by atoms with Gasteiger partial charge in [-0.25, -0.2) is 0 Å². The van der Waals surface area contributed by atoms with Crippen molar-refractivity contribution in [2.45, 2.75) is 13.8 Å². The Morgan fingerprint density at radius 2 is 1.93 bits per heavy atom. The SMILES string of the molecule is Cc1c(N)nnc(-c2cnn(C)c2)c1C. The molecule has 78 valence electrons. The van der Waals surface area contributed by atoms with Gasteiger partial charge in [-0.15, -0.1) is 10.2 Å². The van der Waals surface area contributed by atoms with Gasteiger partial charge in [-0.3, -0.25) is 4.68 Å². The second-order valence-corrected chi connectivity index (χ2v) is 3.59. The molecule has 15 heavy (non-hydrogen) atoms. The number of nitrogen functional groups attached to an aromatic ring is 1. The second-order valence-electron chi connectivity index (χ2n) is 3.59. The van der Waals surface area contributed by atoms with E-state index < -0.39 is 0 Å². The zero-order chi connectivity index (χ0) is 11.0. The summed E-state index contributed by atoms with van der Waals surface area (Å²) in [5.41, 5.74) is 9.51. The number of anilines is 1. The summed E-state index contributed by atoms with van der Waals surface area (Å²) in [4.78, 5) is 0. The first-order valence-electron chi connectivity index (χ1n) is 4.68. The Labute approximate surface area is 87.9 Å². The lowest BCUT2D eigenvalue weighted by molar-refractivity contribution is 0.768. The maximum absolute atomic E-state index is 5.68. The molecule has 2 heterocycles. The highest BCUT2D eigenvalue weighted by molar-refractivity contribution is 5.64. The molecule has 0 aliphatic rings. The van der Waals surface area contributed by atoms with Crippen LogP contribution in [0, 0.1) is 13.8 Å². The predicted octanol–water partition coefficient (Wildman–Crippen LogP) is 1.08. The minimum atomic E-state index is 0.486. The third-order valence-corrected chi connectivity index (χ3v) is 2.54. The first-order chi connectivity index (χ1) is 7.09. The Morgan fingerprint density at radius 1 is 1.20 bits per heavy atom. The lowest BCUT2D eigenvalue weighted by Gasteiger charge is -2.06. The molecule has 0 aliphatic carbocycles. The van der Waals surface area contributed by atoms with Gasteiger partial charge in [0.05, 0.1) is 11.9 Å². The molecule has 5 heteroatoms. The fraction of sp³-hybridized carbons (Fsp3) is 0.300. The minimum absolute atomic E-state index is 0.486. The van der Waals surface area contributed by atoms with Crippen molar-refractivity contribution in [2.75, 3.05) is 5.73 Å². The first-order valence-corrected chi connectivity index (χ1v) is 4.68. The van der Waals surface area contributed by atoms with Crippen LogP contribution in [0.5, 0.6) is 0 Å². The highest BCUT2D eigenvalue weighted by Crippen LogP contribution is 2.23. The van der Waals surface area contributed by atoms with Crippen LogP contribution >= 0.6 is 0 Å². The molecular weight excluding hydrogens is 190 g/mol. The van der Waals surface area contributed by atoms with E-state index in [1.54, 1.807) is 10.9 Å². The summed E-state index contributed by atoms with van der Waals surface area (Å²) in [6.45, 7) is 3.93. The Bertz CT molecular complexity index is 501. The summed E-state index contributed by atoms with van der Waals surface area (Å²) < 4.78 is 1.74. The molecule has 2 N–H and O–H groups in total. The topological polar surface area (TPSA) is 69.6 Å². The normalized spacial score (nSPS) is 10.6. The quantitative estimate of drug-likeness (QED) is 0.752. The molecule has 0 saturated heterocycles. The van der Waals surface area contributed by atoms with Crippen LogP contribution in [-0.4, -0.2) is 20.0 Å². The highest BCUT2D eigenvalue weighted by atomic mass is 15.2. The Kier molecular flexibility index (Phi) is 2.15. The van der Waals surface area contributed by atoms with E-state index in [2.05, 4.69) is 15.3 Å². The number of nitrogens with two attached hydrogens (primary N) is 1. The van der Waals surface area contributed by atoms with Crippen molar-refractivity contribution in [1.29, 1.82) is 0 Å². The van der Waals surface area contributed by atoms with E-state index >= 15 is 0 Å². The van der Waals surface area contributed by atoms with Gasteiger partial charge in [-0.05, 0) is 25.0 Å². The van der Waals surface area contributed by atoms with Crippen LogP contribution < -0.4 is 5.73 Å². The van der Waals surface area contributed by atoms with Crippen LogP contribution in [0.15, 0.2) is 12.4 Å². The molecule has 0 aromatic carbocycles. The minimum Gasteiger partial charge on any atom is -0.382 e. The summed E-state index contributed by atoms with van der Waals surface area (Å²) in [5, 5.41) is 12.1. The van der Waals surface area contributed by atoms with Crippen molar-refractivity contribution in [3.8, 4) is 11.3 Å². The smallest absolute Gasteiger partial charge is 0.149 e. The van der Waals surface area contributed by atoms with Crippen molar-refractivity contribution < 1.29 is 0 Å². The molecule has 5 nitrogen and oxygen atoms in total. The summed E-state index contributed by atoms with van der Waals surface area (Å²) in [5.74, 6) is 0.486. The van der Waals surface area contributed by atoms with Crippen LogP contribution in [0.2, 0.25) is 0 Å². The summed E-state index contributed by atoms with van der Waals surface area (Å²) >= 11 is 0. The molecular formula is C10H13N5. The van der Waals surface area contributed by atoms with Crippen LogP contribution in [0.1, 0.15) is 11.1 Å². The standard InChI is InChI=1S/C10H13N5/c1-6-7(2)10(11)14-13-9(6)8-4-12-15(3)5-8/h4-5H,1-3H3,(H2,11,14). The fourth-order valence-corrected chi connectivity index (χ4v) is 1.44. The van der Waals surface area contributed by atoms with E-state index in [0.29, 0.717) is 5.82 Å². The van der Waals surface area contributed by atoms with Gasteiger partial charge in [0.1, 0.15) is 5.82 Å². The van der Waals surface area contributed by atoms with Gasteiger partial charge in [-0.1, -0.05) is 0 Å². The van der Waals surface area contributed by atoms with E-state index in [-0.39, 0.29) is 0 Å². The van der Waals surface area contributed by atoms with E-state index in [4.69, 9.17) is 5.73 Å². The monoisotopic (exact) mass is 203 g/mol. The van der Waals surface area contributed by atoms with E-state index in [9.17, 15) is 0 Å². The van der Waals surface area contributed by atoms with Crippen molar-refractivity contribution in [3.05, 3.63) is 23.5 Å². The maximum atomic E-state index is 5.68. The Balaban J connectivity index is 2.59. The number of nitrogens with zero attached hydrogens (tertiary/aromatic N) is 4. The van der Waals surface area contributed by atoms with Crippen LogP contribution in [0.3, 0.4) is 0 Å². The largest absolute Gasteiger partial charge is 0.382 e. The number of hydrogen-bond acceptors (Lipinski definition) is 4. The molecule has 0 radical (unpaired) electrons. The van der Waals surface area contributed by atoms with Gasteiger partial charge in [0.2, 0.25) is 0 Å². The summed E-state index contributed by atoms with van der Waals surface area (Å²) in [7, 11) is 1.87. The van der Waals surface area contributed by atoms with Crippen molar-refractivity contribution in [3.63, 3.8) is 0 Å². The number of aromatic nitrogens is 4. The van der Waals surface area contributed by atoms with E-state index in [1.165, 1.54) is 0 Å². The van der Waals surface area contributed by atoms with Gasteiger partial charge in [0, 0.05) is 18.8 Å². The molecule has 0 amide bonds. The van der Waals surface area contributed by atoms with Crippen molar-refractivity contribution in [1.82, 2.24) is 20.0 Å². The molecule has 2 rings (SSSR count). The molecule has 2 aromatic rings. The Hall–Kier alpha value is -1.91. The summed E-state index contributed by atoms with van der Waals surface area (Å²) in [6.07, 6.45) is 3.68. The lowest BCUT2D eigenvalue weighted by Crippen LogP contribution is -2.01. The molecule has 0 saturated carbocycles. The van der Waals surface area contributed by atoms with Crippen LogP contribution in [-0.2, 0) is 7.05 Å². The third kappa shape index (κ3) is 1.56. The van der Waals surface area contributed by atoms with Crippen LogP contribution in [0.4, 0.5) is 5.82 Å². The zero-order valence-corrected chi connectivity index (χ0v) is 9.02. The second kappa shape index (κ2) is 3.34. The molecule has 0 bridgehead atoms. The van der Waals surface area contributed by atoms with Gasteiger partial charge in [0.25, 0.3) is 0 Å². The van der Waals surface area contributed by atoms with E-state index in [1.807, 2.05) is 27.1 Å². The molecule has 0 unspecified atom stereocenters. The molecule has 0 spiro atoms. The van der Waals surface area contributed by atoms with Crippen molar-refractivity contribution in [2.24, 2.45) is 7.05 Å². The van der Waals surface area contributed by atoms with Gasteiger partial charge < -0.3 is 5.73 Å². The number of hydrogen-bond donors (Lipinski definition) is 1. The third-order valence-electron chi connectivity index (χ3n) is 2.54. The zero-order valence-electron chi connectivity index (χ0n) is 9.02. The molecule has 0 atom stereocenters. The lowest BCUT2D eigenvalue weighted by atomic mass is 10.1. The number of rotatable bonds is 1. The predicted molar refractivity (Wildman–Crippen MR) is 58.1 cm³/mol. The average molecular weight is 203 g/mol. The maximum Gasteiger partial charge on any atom is 0.149 e. The average Bonchev–Trinajstić information content (AvgIpc) is 2.61. The summed E-state index contributed by atoms with van der Waals surface area (Å²) in [6, 6.07) is 0. The van der Waals surface area contributed by atoms with Gasteiger partial charge >= 0.3 is 0 Å². The number of aryl methyl sites for hydroxylation is 1.